The van der Waals surface area contributed by atoms with E-state index in [1.807, 2.05) is 30.3 Å². The van der Waals surface area contributed by atoms with E-state index in [9.17, 15) is 0 Å². The third-order valence-electron chi connectivity index (χ3n) is 5.87. The number of hydrogen-bond donors (Lipinski definition) is 0. The van der Waals surface area contributed by atoms with Crippen molar-refractivity contribution in [3.63, 3.8) is 0 Å². The van der Waals surface area contributed by atoms with Gasteiger partial charge in [-0.1, -0.05) is 48.5 Å². The molecule has 30 heavy (non-hydrogen) atoms. The Kier molecular flexibility index (Phi) is 5.16. The fourth-order valence-electron chi connectivity index (χ4n) is 4.28. The lowest BCUT2D eigenvalue weighted by Crippen LogP contribution is -2.44. The van der Waals surface area contributed by atoms with E-state index in [2.05, 4.69) is 58.3 Å². The highest BCUT2D eigenvalue weighted by Gasteiger charge is 2.25. The van der Waals surface area contributed by atoms with Crippen LogP contribution in [-0.2, 0) is 6.54 Å². The Morgan fingerprint density at radius 3 is 2.33 bits per heavy atom. The van der Waals surface area contributed by atoms with Gasteiger partial charge in [0.1, 0.15) is 17.2 Å². The van der Waals surface area contributed by atoms with Gasteiger partial charge in [0.15, 0.2) is 0 Å². The molecule has 0 atom stereocenters. The molecule has 4 nitrogen and oxygen atoms in total. The second kappa shape index (κ2) is 8.25. The van der Waals surface area contributed by atoms with Crippen LogP contribution in [0.1, 0.15) is 16.7 Å². The lowest BCUT2D eigenvalue weighted by molar-refractivity contribution is 0.169. The summed E-state index contributed by atoms with van der Waals surface area (Å²) in [7, 11) is 1.71. The number of ether oxygens (including phenoxy) is 2. The molecular weight excluding hydrogens is 372 g/mol. The van der Waals surface area contributed by atoms with Gasteiger partial charge in [0, 0.05) is 44.0 Å². The van der Waals surface area contributed by atoms with Gasteiger partial charge < -0.3 is 14.4 Å². The minimum Gasteiger partial charge on any atom is -0.496 e. The van der Waals surface area contributed by atoms with E-state index >= 15 is 0 Å². The Labute approximate surface area is 178 Å². The molecule has 3 aromatic carbocycles. The van der Waals surface area contributed by atoms with E-state index in [0.29, 0.717) is 0 Å². The normalized spacial score (nSPS) is 16.0. The van der Waals surface area contributed by atoms with Crippen molar-refractivity contribution in [2.75, 3.05) is 33.3 Å². The van der Waals surface area contributed by atoms with Crippen LogP contribution in [0.5, 0.6) is 17.2 Å². The number of methoxy groups -OCH3 is 1. The fourth-order valence-corrected chi connectivity index (χ4v) is 4.28. The van der Waals surface area contributed by atoms with Gasteiger partial charge in [-0.15, -0.1) is 0 Å². The maximum Gasteiger partial charge on any atom is 0.138 e. The molecule has 0 radical (unpaired) electrons. The van der Waals surface area contributed by atoms with E-state index in [1.54, 1.807) is 7.11 Å². The number of para-hydroxylation sites is 1. The summed E-state index contributed by atoms with van der Waals surface area (Å²) in [5.74, 6) is 2.56. The number of benzene rings is 3. The highest BCUT2D eigenvalue weighted by molar-refractivity contribution is 5.88. The van der Waals surface area contributed by atoms with Crippen LogP contribution in [0.25, 0.3) is 11.8 Å². The number of nitrogens with zero attached hydrogens (tertiary/aromatic N) is 2. The third-order valence-corrected chi connectivity index (χ3v) is 5.87. The quantitative estimate of drug-likeness (QED) is 0.609. The minimum absolute atomic E-state index is 0.833. The highest BCUT2D eigenvalue weighted by Crippen LogP contribution is 2.42. The molecule has 0 spiro atoms. The predicted octanol–water partition coefficient (Wildman–Crippen LogP) is 5.12. The molecule has 2 aliphatic rings. The minimum atomic E-state index is 0.833. The van der Waals surface area contributed by atoms with Crippen LogP contribution >= 0.6 is 0 Å². The molecule has 0 amide bonds. The van der Waals surface area contributed by atoms with E-state index in [0.717, 1.165) is 61.1 Å². The summed E-state index contributed by atoms with van der Waals surface area (Å²) in [6, 6.07) is 25.0. The zero-order chi connectivity index (χ0) is 20.3. The van der Waals surface area contributed by atoms with Crippen LogP contribution in [0.4, 0.5) is 0 Å². The topological polar surface area (TPSA) is 24.9 Å². The molecule has 1 saturated heterocycles. The third kappa shape index (κ3) is 3.66. The van der Waals surface area contributed by atoms with Crippen molar-refractivity contribution in [2.45, 2.75) is 6.54 Å². The van der Waals surface area contributed by atoms with Gasteiger partial charge in [-0.25, -0.2) is 0 Å². The SMILES string of the molecule is COc1cccc2c1C=C(N1CCN(Cc3ccccc3)CC1)c1ccccc1O2. The molecule has 0 saturated carbocycles. The number of piperazine rings is 1. The van der Waals surface area contributed by atoms with Gasteiger partial charge in [0.2, 0.25) is 0 Å². The predicted molar refractivity (Wildman–Crippen MR) is 121 cm³/mol. The second-order valence-corrected chi connectivity index (χ2v) is 7.75. The Morgan fingerprint density at radius 1 is 0.800 bits per heavy atom. The van der Waals surface area contributed by atoms with E-state index in [1.165, 1.54) is 11.3 Å². The van der Waals surface area contributed by atoms with Gasteiger partial charge >= 0.3 is 0 Å². The monoisotopic (exact) mass is 398 g/mol. The average Bonchev–Trinajstić information content (AvgIpc) is 2.97. The molecule has 0 N–H and O–H groups in total. The standard InChI is InChI=1S/C26H26N2O2/c1-29-24-12-7-13-26-22(24)18-23(21-10-5-6-11-25(21)30-26)28-16-14-27(15-17-28)19-20-8-3-2-4-9-20/h2-13,18H,14-17,19H2,1H3. The molecule has 4 heteroatoms. The van der Waals surface area contributed by atoms with Gasteiger partial charge in [0.25, 0.3) is 0 Å². The Morgan fingerprint density at radius 2 is 1.53 bits per heavy atom. The lowest BCUT2D eigenvalue weighted by atomic mass is 10.1. The molecule has 0 aliphatic carbocycles. The molecule has 2 aliphatic heterocycles. The van der Waals surface area contributed by atoms with E-state index < -0.39 is 0 Å². The molecule has 152 valence electrons. The molecule has 3 aromatic rings. The van der Waals surface area contributed by atoms with Crippen LogP contribution < -0.4 is 9.47 Å². The van der Waals surface area contributed by atoms with Crippen molar-refractivity contribution in [3.05, 3.63) is 89.5 Å². The Bertz CT molecular complexity index is 1050. The zero-order valence-corrected chi connectivity index (χ0v) is 17.3. The zero-order valence-electron chi connectivity index (χ0n) is 17.3. The van der Waals surface area contributed by atoms with Crippen molar-refractivity contribution in [3.8, 4) is 17.2 Å². The molecule has 5 rings (SSSR count). The molecule has 2 heterocycles. The average molecular weight is 399 g/mol. The summed E-state index contributed by atoms with van der Waals surface area (Å²) in [4.78, 5) is 5.01. The summed E-state index contributed by atoms with van der Waals surface area (Å²) in [5, 5.41) is 0. The van der Waals surface area contributed by atoms with Gasteiger partial charge in [0.05, 0.1) is 12.7 Å². The van der Waals surface area contributed by atoms with E-state index in [4.69, 9.17) is 9.47 Å². The first kappa shape index (κ1) is 18.8. The van der Waals surface area contributed by atoms with Gasteiger partial charge in [-0.3, -0.25) is 4.90 Å². The number of fused-ring (bicyclic) bond motifs is 2. The molecule has 0 unspecified atom stereocenters. The first-order valence-electron chi connectivity index (χ1n) is 10.5. The maximum atomic E-state index is 6.30. The summed E-state index contributed by atoms with van der Waals surface area (Å²) >= 11 is 0. The van der Waals surface area contributed by atoms with Gasteiger partial charge in [-0.2, -0.15) is 0 Å². The summed E-state index contributed by atoms with van der Waals surface area (Å²) < 4.78 is 11.9. The smallest absolute Gasteiger partial charge is 0.138 e. The second-order valence-electron chi connectivity index (χ2n) is 7.75. The van der Waals surface area contributed by atoms with Crippen LogP contribution in [-0.4, -0.2) is 43.1 Å². The van der Waals surface area contributed by atoms with Crippen LogP contribution in [0.2, 0.25) is 0 Å². The first-order chi connectivity index (χ1) is 14.8. The molecule has 0 aromatic heterocycles. The lowest BCUT2D eigenvalue weighted by Gasteiger charge is -2.37. The maximum absolute atomic E-state index is 6.30. The number of rotatable bonds is 4. The van der Waals surface area contributed by atoms with Crippen molar-refractivity contribution in [1.29, 1.82) is 0 Å². The van der Waals surface area contributed by atoms with Crippen molar-refractivity contribution >= 4 is 11.8 Å². The molecule has 1 fully saturated rings. The Hall–Kier alpha value is -3.24. The largest absolute Gasteiger partial charge is 0.496 e. The van der Waals surface area contributed by atoms with Gasteiger partial charge in [-0.05, 0) is 35.9 Å². The van der Waals surface area contributed by atoms with Crippen LogP contribution in [0, 0.1) is 0 Å². The summed E-state index contributed by atoms with van der Waals surface area (Å²) in [6.07, 6.45) is 2.23. The fraction of sp³-hybridized carbons (Fsp3) is 0.231. The van der Waals surface area contributed by atoms with Crippen molar-refractivity contribution in [1.82, 2.24) is 9.80 Å². The summed E-state index contributed by atoms with van der Waals surface area (Å²) in [5.41, 5.74) is 4.70. The first-order valence-corrected chi connectivity index (χ1v) is 10.5. The van der Waals surface area contributed by atoms with Crippen molar-refractivity contribution < 1.29 is 9.47 Å². The highest BCUT2D eigenvalue weighted by atomic mass is 16.5. The number of hydrogen-bond acceptors (Lipinski definition) is 4. The van der Waals surface area contributed by atoms with Crippen LogP contribution in [0.15, 0.2) is 72.8 Å². The summed E-state index contributed by atoms with van der Waals surface area (Å²) in [6.45, 7) is 5.04. The van der Waals surface area contributed by atoms with E-state index in [-0.39, 0.29) is 0 Å². The van der Waals surface area contributed by atoms with Crippen molar-refractivity contribution in [2.24, 2.45) is 0 Å². The van der Waals surface area contributed by atoms with Crippen LogP contribution in [0.3, 0.4) is 0 Å². The Balaban J connectivity index is 1.43. The molecule has 0 bridgehead atoms. The molecular formula is C26H26N2O2.